The SMILES string of the molecule is c1n[nH]c(SC2CCOCC2)n1. The third-order valence-electron chi connectivity index (χ3n) is 1.84. The molecule has 1 saturated heterocycles. The van der Waals surface area contributed by atoms with Crippen LogP contribution in [0.15, 0.2) is 11.5 Å². The van der Waals surface area contributed by atoms with Crippen molar-refractivity contribution >= 4 is 11.8 Å². The quantitative estimate of drug-likeness (QED) is 0.749. The molecule has 5 heteroatoms. The predicted octanol–water partition coefficient (Wildman–Crippen LogP) is 1.08. The highest BCUT2D eigenvalue weighted by Crippen LogP contribution is 2.26. The highest BCUT2D eigenvalue weighted by atomic mass is 32.2. The summed E-state index contributed by atoms with van der Waals surface area (Å²) in [5.41, 5.74) is 0. The summed E-state index contributed by atoms with van der Waals surface area (Å²) in [5.74, 6) is 0. The normalized spacial score (nSPS) is 19.7. The molecular formula is C7H11N3OS. The Hall–Kier alpha value is -0.550. The molecule has 0 radical (unpaired) electrons. The van der Waals surface area contributed by atoms with Gasteiger partial charge < -0.3 is 4.74 Å². The first-order valence-corrected chi connectivity index (χ1v) is 4.93. The number of thioether (sulfide) groups is 1. The molecule has 12 heavy (non-hydrogen) atoms. The molecular weight excluding hydrogens is 174 g/mol. The fourth-order valence-corrected chi connectivity index (χ4v) is 2.16. The molecule has 1 aliphatic rings. The number of aromatic nitrogens is 3. The Balaban J connectivity index is 1.86. The van der Waals surface area contributed by atoms with Crippen LogP contribution in [0.2, 0.25) is 0 Å². The Morgan fingerprint density at radius 2 is 2.33 bits per heavy atom. The van der Waals surface area contributed by atoms with Crippen molar-refractivity contribution in [3.63, 3.8) is 0 Å². The fourth-order valence-electron chi connectivity index (χ4n) is 1.20. The molecule has 66 valence electrons. The van der Waals surface area contributed by atoms with Gasteiger partial charge in [-0.3, -0.25) is 5.10 Å². The van der Waals surface area contributed by atoms with E-state index >= 15 is 0 Å². The van der Waals surface area contributed by atoms with Crippen LogP contribution in [0.1, 0.15) is 12.8 Å². The molecule has 1 N–H and O–H groups in total. The van der Waals surface area contributed by atoms with E-state index in [1.54, 1.807) is 18.1 Å². The number of hydrogen-bond acceptors (Lipinski definition) is 4. The van der Waals surface area contributed by atoms with Gasteiger partial charge in [-0.15, -0.1) is 0 Å². The number of hydrogen-bond donors (Lipinski definition) is 1. The second kappa shape index (κ2) is 3.91. The third kappa shape index (κ3) is 1.98. The Kier molecular flexibility index (Phi) is 2.63. The van der Waals surface area contributed by atoms with Gasteiger partial charge in [-0.1, -0.05) is 11.8 Å². The van der Waals surface area contributed by atoms with Gasteiger partial charge in [0, 0.05) is 18.5 Å². The average molecular weight is 185 g/mol. The van der Waals surface area contributed by atoms with Crippen molar-refractivity contribution in [1.29, 1.82) is 0 Å². The summed E-state index contributed by atoms with van der Waals surface area (Å²) in [5, 5.41) is 8.21. The lowest BCUT2D eigenvalue weighted by atomic mass is 10.2. The van der Waals surface area contributed by atoms with Crippen LogP contribution in [0.25, 0.3) is 0 Å². The molecule has 1 aromatic heterocycles. The number of nitrogens with one attached hydrogen (secondary N) is 1. The maximum absolute atomic E-state index is 5.26. The van der Waals surface area contributed by atoms with E-state index in [2.05, 4.69) is 15.2 Å². The zero-order valence-corrected chi connectivity index (χ0v) is 7.51. The largest absolute Gasteiger partial charge is 0.381 e. The summed E-state index contributed by atoms with van der Waals surface area (Å²) in [6.45, 7) is 1.76. The van der Waals surface area contributed by atoms with Crippen LogP contribution in [0, 0.1) is 0 Å². The predicted molar refractivity (Wildman–Crippen MR) is 46.1 cm³/mol. The molecule has 4 nitrogen and oxygen atoms in total. The van der Waals surface area contributed by atoms with E-state index in [-0.39, 0.29) is 0 Å². The Morgan fingerprint density at radius 1 is 1.50 bits per heavy atom. The summed E-state index contributed by atoms with van der Waals surface area (Å²) in [4.78, 5) is 4.07. The number of H-pyrrole nitrogens is 1. The minimum atomic E-state index is 0.645. The van der Waals surface area contributed by atoms with Crippen LogP contribution in [0.4, 0.5) is 0 Å². The summed E-state index contributed by atoms with van der Waals surface area (Å²) < 4.78 is 5.26. The molecule has 0 aliphatic carbocycles. The minimum absolute atomic E-state index is 0.645. The smallest absolute Gasteiger partial charge is 0.183 e. The monoisotopic (exact) mass is 185 g/mol. The first-order valence-electron chi connectivity index (χ1n) is 4.05. The molecule has 0 saturated carbocycles. The Labute approximate surface area is 75.1 Å². The number of nitrogens with zero attached hydrogens (tertiary/aromatic N) is 2. The molecule has 1 aromatic rings. The summed E-state index contributed by atoms with van der Waals surface area (Å²) in [6.07, 6.45) is 3.78. The maximum atomic E-state index is 5.26. The molecule has 2 rings (SSSR count). The molecule has 1 aliphatic heterocycles. The molecule has 0 amide bonds. The van der Waals surface area contributed by atoms with Gasteiger partial charge >= 0.3 is 0 Å². The fraction of sp³-hybridized carbons (Fsp3) is 0.714. The van der Waals surface area contributed by atoms with Gasteiger partial charge in [-0.2, -0.15) is 5.10 Å². The Bertz CT molecular complexity index is 221. The topological polar surface area (TPSA) is 50.8 Å². The van der Waals surface area contributed by atoms with Gasteiger partial charge in [0.1, 0.15) is 6.33 Å². The second-order valence-electron chi connectivity index (χ2n) is 2.72. The highest BCUT2D eigenvalue weighted by Gasteiger charge is 2.15. The second-order valence-corrected chi connectivity index (χ2v) is 4.01. The lowest BCUT2D eigenvalue weighted by molar-refractivity contribution is 0.1000. The molecule has 0 unspecified atom stereocenters. The van der Waals surface area contributed by atoms with Crippen molar-refractivity contribution in [3.8, 4) is 0 Å². The van der Waals surface area contributed by atoms with E-state index in [1.807, 2.05) is 0 Å². The van der Waals surface area contributed by atoms with Gasteiger partial charge in [0.15, 0.2) is 5.16 Å². The Morgan fingerprint density at radius 3 is 3.00 bits per heavy atom. The van der Waals surface area contributed by atoms with Gasteiger partial charge in [0.05, 0.1) is 0 Å². The van der Waals surface area contributed by atoms with Gasteiger partial charge in [-0.05, 0) is 12.8 Å². The van der Waals surface area contributed by atoms with Crippen molar-refractivity contribution in [2.75, 3.05) is 13.2 Å². The van der Waals surface area contributed by atoms with Crippen molar-refractivity contribution < 1.29 is 4.74 Å². The molecule has 2 heterocycles. The number of rotatable bonds is 2. The van der Waals surface area contributed by atoms with Crippen LogP contribution in [-0.2, 0) is 4.74 Å². The zero-order chi connectivity index (χ0) is 8.23. The van der Waals surface area contributed by atoms with E-state index in [9.17, 15) is 0 Å². The van der Waals surface area contributed by atoms with Crippen molar-refractivity contribution in [3.05, 3.63) is 6.33 Å². The third-order valence-corrected chi connectivity index (χ3v) is 3.06. The first-order chi connectivity index (χ1) is 5.95. The molecule has 0 aromatic carbocycles. The summed E-state index contributed by atoms with van der Waals surface area (Å²) >= 11 is 1.76. The maximum Gasteiger partial charge on any atom is 0.183 e. The van der Waals surface area contributed by atoms with Crippen LogP contribution in [-0.4, -0.2) is 33.6 Å². The minimum Gasteiger partial charge on any atom is -0.381 e. The van der Waals surface area contributed by atoms with Crippen molar-refractivity contribution in [2.45, 2.75) is 23.2 Å². The van der Waals surface area contributed by atoms with E-state index in [1.165, 1.54) is 0 Å². The highest BCUT2D eigenvalue weighted by molar-refractivity contribution is 7.99. The first kappa shape index (κ1) is 8.07. The van der Waals surface area contributed by atoms with Gasteiger partial charge in [-0.25, -0.2) is 4.98 Å². The molecule has 1 fully saturated rings. The van der Waals surface area contributed by atoms with Crippen LogP contribution >= 0.6 is 11.8 Å². The van der Waals surface area contributed by atoms with Crippen molar-refractivity contribution in [2.24, 2.45) is 0 Å². The lowest BCUT2D eigenvalue weighted by Gasteiger charge is -2.19. The summed E-state index contributed by atoms with van der Waals surface area (Å²) in [7, 11) is 0. The van der Waals surface area contributed by atoms with Crippen LogP contribution in [0.3, 0.4) is 0 Å². The van der Waals surface area contributed by atoms with Crippen LogP contribution in [0.5, 0.6) is 0 Å². The molecule has 0 bridgehead atoms. The number of aromatic amines is 1. The van der Waals surface area contributed by atoms with E-state index in [4.69, 9.17) is 4.74 Å². The molecule has 0 spiro atoms. The standard InChI is InChI=1S/C7H11N3OS/c1-3-11-4-2-6(1)12-7-8-5-9-10-7/h5-6H,1-4H2,(H,8,9,10). The van der Waals surface area contributed by atoms with E-state index in [0.717, 1.165) is 31.2 Å². The zero-order valence-electron chi connectivity index (χ0n) is 6.69. The number of ether oxygens (including phenoxy) is 1. The van der Waals surface area contributed by atoms with E-state index in [0.29, 0.717) is 5.25 Å². The summed E-state index contributed by atoms with van der Waals surface area (Å²) in [6, 6.07) is 0. The van der Waals surface area contributed by atoms with Crippen molar-refractivity contribution in [1.82, 2.24) is 15.2 Å². The molecule has 0 atom stereocenters. The van der Waals surface area contributed by atoms with Gasteiger partial charge in [0.25, 0.3) is 0 Å². The van der Waals surface area contributed by atoms with Gasteiger partial charge in [0.2, 0.25) is 0 Å². The van der Waals surface area contributed by atoms with E-state index < -0.39 is 0 Å². The average Bonchev–Trinajstić information content (AvgIpc) is 2.59. The lowest BCUT2D eigenvalue weighted by Crippen LogP contribution is -2.17. The van der Waals surface area contributed by atoms with Crippen LogP contribution < -0.4 is 0 Å².